The summed E-state index contributed by atoms with van der Waals surface area (Å²) in [6.07, 6.45) is 28.3. The zero-order chi connectivity index (χ0) is 42.4. The van der Waals surface area contributed by atoms with Crippen LogP contribution >= 0.6 is 11.3 Å². The van der Waals surface area contributed by atoms with Gasteiger partial charge in [-0.1, -0.05) is 117 Å². The molecule has 326 valence electrons. The molecular formula is C47H86N2O6S. The highest BCUT2D eigenvalue weighted by Gasteiger charge is 2.29. The lowest BCUT2D eigenvalue weighted by molar-refractivity contribution is -0.132. The summed E-state index contributed by atoms with van der Waals surface area (Å²) in [7, 11) is 4.04. The predicted octanol–water partition coefficient (Wildman–Crippen LogP) is 12.3. The van der Waals surface area contributed by atoms with Gasteiger partial charge in [0.15, 0.2) is 0 Å². The number of carbonyl (C=O) groups is 4. The quantitative estimate of drug-likeness (QED) is 0.0434. The van der Waals surface area contributed by atoms with Crippen LogP contribution in [0.4, 0.5) is 0 Å². The third-order valence-corrected chi connectivity index (χ3v) is 11.2. The highest BCUT2D eigenvalue weighted by atomic mass is 32.1. The van der Waals surface area contributed by atoms with Gasteiger partial charge in [-0.15, -0.1) is 24.5 Å². The van der Waals surface area contributed by atoms with Crippen molar-refractivity contribution in [2.75, 3.05) is 40.4 Å². The fourth-order valence-corrected chi connectivity index (χ4v) is 8.07. The van der Waals surface area contributed by atoms with Crippen LogP contribution in [0.25, 0.3) is 0 Å². The number of ether oxygens (including phenoxy) is 2. The smallest absolute Gasteiger partial charge is 0.339 e. The maximum Gasteiger partial charge on any atom is 0.339 e. The molecule has 0 N–H and O–H groups in total. The van der Waals surface area contributed by atoms with Crippen LogP contribution in [-0.4, -0.2) is 80.8 Å². The Hall–Kier alpha value is -2.36. The molecule has 0 aromatic carbocycles. The minimum atomic E-state index is -0.207. The fourth-order valence-electron chi connectivity index (χ4n) is 6.84. The number of unbranched alkanes of at least 4 members (excludes halogenated alkanes) is 14. The van der Waals surface area contributed by atoms with Gasteiger partial charge >= 0.3 is 5.97 Å². The Balaban J connectivity index is 0. The van der Waals surface area contributed by atoms with E-state index in [0.717, 1.165) is 79.0 Å². The molecule has 9 heteroatoms. The summed E-state index contributed by atoms with van der Waals surface area (Å²) < 4.78 is 12.0. The third kappa shape index (κ3) is 28.9. The molecule has 8 nitrogen and oxygen atoms in total. The fraction of sp³-hybridized carbons (Fsp3) is 0.787. The van der Waals surface area contributed by atoms with Gasteiger partial charge in [0.05, 0.1) is 24.8 Å². The normalized spacial score (nSPS) is 11.8. The Morgan fingerprint density at radius 2 is 1.25 bits per heavy atom. The van der Waals surface area contributed by atoms with Gasteiger partial charge in [0.2, 0.25) is 5.91 Å². The number of nitrogens with zero attached hydrogens (tertiary/aromatic N) is 2. The average Bonchev–Trinajstić information content (AvgIpc) is 3.53. The molecule has 0 aliphatic carbocycles. The summed E-state index contributed by atoms with van der Waals surface area (Å²) in [5.41, 5.74) is 1.84. The van der Waals surface area contributed by atoms with E-state index in [4.69, 9.17) is 14.3 Å². The Kier molecular flexibility index (Phi) is 39.3. The van der Waals surface area contributed by atoms with E-state index in [2.05, 4.69) is 38.8 Å². The van der Waals surface area contributed by atoms with E-state index in [-0.39, 0.29) is 11.9 Å². The van der Waals surface area contributed by atoms with Gasteiger partial charge in [0, 0.05) is 42.3 Å². The minimum absolute atomic E-state index is 0.207. The Morgan fingerprint density at radius 1 is 0.732 bits per heavy atom. The van der Waals surface area contributed by atoms with Crippen molar-refractivity contribution in [2.24, 2.45) is 0 Å². The van der Waals surface area contributed by atoms with Gasteiger partial charge in [-0.3, -0.25) is 4.79 Å². The zero-order valence-corrected chi connectivity index (χ0v) is 38.3. The van der Waals surface area contributed by atoms with Gasteiger partial charge in [-0.25, -0.2) is 4.79 Å². The molecule has 0 spiro atoms. The Morgan fingerprint density at radius 3 is 1.80 bits per heavy atom. The van der Waals surface area contributed by atoms with Crippen molar-refractivity contribution in [2.45, 2.75) is 201 Å². The van der Waals surface area contributed by atoms with Crippen LogP contribution in [0.3, 0.4) is 0 Å². The Labute approximate surface area is 348 Å². The van der Waals surface area contributed by atoms with Crippen molar-refractivity contribution >= 4 is 35.8 Å². The standard InChI is InChI=1S/C37H66N2O4S.C7H14O.C2H4.CH2O/c1-6-8-10-12-14-17-22-32(23-18-15-13-11-9-7-2)42-28-20-16-19-24-35(40)39-27-25-33-34(30-39)44-31(3)36(33)37(41)43-29-21-26-38(4)5;1-3-4-5-6-7(2)8;2*1-2/h32H,6-30H2,1-5H3;3-6H2,1-2H3;1-2H2;1H2. The van der Waals surface area contributed by atoms with E-state index in [1.807, 2.05) is 32.7 Å². The second kappa shape index (κ2) is 39.5. The topological polar surface area (TPSA) is 93.2 Å². The van der Waals surface area contributed by atoms with Crippen molar-refractivity contribution < 1.29 is 28.7 Å². The monoisotopic (exact) mass is 807 g/mol. The molecule has 1 amide bonds. The molecule has 1 aliphatic heterocycles. The first-order valence-electron chi connectivity index (χ1n) is 22.2. The van der Waals surface area contributed by atoms with E-state index in [1.165, 1.54) is 103 Å². The molecule has 0 unspecified atom stereocenters. The van der Waals surface area contributed by atoms with Crippen molar-refractivity contribution in [3.05, 3.63) is 34.0 Å². The Bertz CT molecular complexity index is 1090. The lowest BCUT2D eigenvalue weighted by Crippen LogP contribution is -2.35. The molecule has 1 aromatic heterocycles. The van der Waals surface area contributed by atoms with E-state index in [1.54, 1.807) is 18.3 Å². The summed E-state index contributed by atoms with van der Waals surface area (Å²) in [4.78, 5) is 50.4. The third-order valence-electron chi connectivity index (χ3n) is 10.1. The van der Waals surface area contributed by atoms with Gasteiger partial charge in [-0.05, 0) is 78.5 Å². The van der Waals surface area contributed by atoms with Gasteiger partial charge < -0.3 is 28.9 Å². The molecule has 0 radical (unpaired) electrons. The van der Waals surface area contributed by atoms with E-state index >= 15 is 0 Å². The summed E-state index contributed by atoms with van der Waals surface area (Å²) in [6.45, 7) is 21.8. The molecule has 0 bridgehead atoms. The number of rotatable bonds is 30. The maximum absolute atomic E-state index is 13.0. The SMILES string of the molecule is C=C.C=O.CCCCCC(C)=O.CCCCCCCCC(CCCCCCCC)OCCCCCC(=O)N1CCc2c(sc(C)c2C(=O)OCCCN(C)C)C1. The number of amides is 1. The number of hydrogen-bond acceptors (Lipinski definition) is 8. The van der Waals surface area contributed by atoms with Crippen molar-refractivity contribution in [3.63, 3.8) is 0 Å². The first-order valence-corrected chi connectivity index (χ1v) is 23.1. The minimum Gasteiger partial charge on any atom is -0.462 e. The molecule has 1 aromatic rings. The van der Waals surface area contributed by atoms with E-state index in [0.29, 0.717) is 38.0 Å². The van der Waals surface area contributed by atoms with Crippen LogP contribution in [0.5, 0.6) is 0 Å². The number of ketones is 1. The van der Waals surface area contributed by atoms with Crippen LogP contribution in [0.15, 0.2) is 13.2 Å². The lowest BCUT2D eigenvalue weighted by Gasteiger charge is -2.27. The summed E-state index contributed by atoms with van der Waals surface area (Å²) in [5.74, 6) is 0.347. The average molecular weight is 807 g/mol. The molecule has 1 aliphatic rings. The van der Waals surface area contributed by atoms with Gasteiger partial charge in [0.1, 0.15) is 12.6 Å². The molecule has 0 atom stereocenters. The van der Waals surface area contributed by atoms with Crippen molar-refractivity contribution in [1.82, 2.24) is 9.80 Å². The molecule has 0 saturated carbocycles. The van der Waals surface area contributed by atoms with E-state index < -0.39 is 0 Å². The van der Waals surface area contributed by atoms with Crippen LogP contribution in [0.1, 0.15) is 201 Å². The van der Waals surface area contributed by atoms with Crippen molar-refractivity contribution in [3.8, 4) is 0 Å². The second-order valence-electron chi connectivity index (χ2n) is 15.4. The number of hydrogen-bond donors (Lipinski definition) is 0. The summed E-state index contributed by atoms with van der Waals surface area (Å²) in [5, 5.41) is 0. The summed E-state index contributed by atoms with van der Waals surface area (Å²) in [6, 6.07) is 0. The number of esters is 1. The van der Waals surface area contributed by atoms with E-state index in [9.17, 15) is 14.4 Å². The lowest BCUT2D eigenvalue weighted by atomic mass is 10.0. The number of Topliss-reactive ketones (excluding diaryl/α,β-unsaturated/α-hetero) is 1. The van der Waals surface area contributed by atoms with Gasteiger partial charge in [-0.2, -0.15) is 0 Å². The largest absolute Gasteiger partial charge is 0.462 e. The highest BCUT2D eigenvalue weighted by molar-refractivity contribution is 7.12. The molecule has 0 saturated heterocycles. The molecule has 0 fully saturated rings. The molecule has 2 heterocycles. The van der Waals surface area contributed by atoms with Crippen molar-refractivity contribution in [1.29, 1.82) is 0 Å². The van der Waals surface area contributed by atoms with Crippen LogP contribution in [0, 0.1) is 6.92 Å². The maximum atomic E-state index is 13.0. The number of carbonyl (C=O) groups excluding carboxylic acids is 4. The molecule has 2 rings (SSSR count). The molecular weight excluding hydrogens is 721 g/mol. The number of thiophene rings is 1. The van der Waals surface area contributed by atoms with Gasteiger partial charge in [0.25, 0.3) is 0 Å². The van der Waals surface area contributed by atoms with Crippen LogP contribution < -0.4 is 0 Å². The predicted molar refractivity (Wildman–Crippen MR) is 239 cm³/mol. The first-order chi connectivity index (χ1) is 27.1. The number of fused-ring (bicyclic) bond motifs is 1. The first kappa shape index (κ1) is 55.7. The zero-order valence-electron chi connectivity index (χ0n) is 37.5. The molecule has 56 heavy (non-hydrogen) atoms. The number of aryl methyl sites for hydroxylation is 1. The second-order valence-corrected chi connectivity index (χ2v) is 16.7. The highest BCUT2D eigenvalue weighted by Crippen LogP contribution is 2.33. The van der Waals surface area contributed by atoms with Crippen LogP contribution in [-0.2, 0) is 36.8 Å². The van der Waals surface area contributed by atoms with Crippen LogP contribution in [0.2, 0.25) is 0 Å². The summed E-state index contributed by atoms with van der Waals surface area (Å²) >= 11 is 1.65.